The van der Waals surface area contributed by atoms with Crippen LogP contribution in [-0.4, -0.2) is 13.7 Å². The lowest BCUT2D eigenvalue weighted by atomic mass is 9.88. The molecule has 0 bridgehead atoms. The molecule has 1 heterocycles. The van der Waals surface area contributed by atoms with Gasteiger partial charge in [-0.1, -0.05) is 18.2 Å². The van der Waals surface area contributed by atoms with Crippen LogP contribution in [0.5, 0.6) is 5.75 Å². The normalized spacial score (nSPS) is 33.7. The Labute approximate surface area is 109 Å². The van der Waals surface area contributed by atoms with Gasteiger partial charge in [0.2, 0.25) is 0 Å². The molecule has 3 unspecified atom stereocenters. The number of nitrogens with one attached hydrogen (secondary N) is 1. The van der Waals surface area contributed by atoms with Crippen molar-refractivity contribution >= 4 is 0 Å². The second kappa shape index (κ2) is 3.99. The quantitative estimate of drug-likeness (QED) is 0.881. The average Bonchev–Trinajstić information content (AvgIpc) is 2.81. The second-order valence-electron chi connectivity index (χ2n) is 6.19. The van der Waals surface area contributed by atoms with Gasteiger partial charge in [-0.2, -0.15) is 0 Å². The van der Waals surface area contributed by atoms with Crippen LogP contribution >= 0.6 is 0 Å². The Morgan fingerprint density at radius 2 is 2.06 bits per heavy atom. The molecular formula is C16H21NO. The molecule has 0 aromatic heterocycles. The van der Waals surface area contributed by atoms with Crippen molar-refractivity contribution in [1.82, 2.24) is 5.32 Å². The largest absolute Gasteiger partial charge is 0.493 e. The number of hydrogen-bond donors (Lipinski definition) is 1. The first-order chi connectivity index (χ1) is 8.86. The summed E-state index contributed by atoms with van der Waals surface area (Å²) in [5, 5.41) is 3.55. The average molecular weight is 243 g/mol. The minimum atomic E-state index is 0.492. The van der Waals surface area contributed by atoms with Crippen LogP contribution in [0.3, 0.4) is 0 Å². The SMILES string of the molecule is CNC(c1cccc2c1OCC2)C1CC2CC2C1. The lowest BCUT2D eigenvalue weighted by Gasteiger charge is -2.26. The zero-order chi connectivity index (χ0) is 12.1. The Hall–Kier alpha value is -1.02. The lowest BCUT2D eigenvalue weighted by Crippen LogP contribution is -2.25. The summed E-state index contributed by atoms with van der Waals surface area (Å²) in [4.78, 5) is 0. The van der Waals surface area contributed by atoms with Crippen molar-refractivity contribution in [3.05, 3.63) is 29.3 Å². The maximum absolute atomic E-state index is 5.87. The molecule has 3 aliphatic rings. The summed E-state index contributed by atoms with van der Waals surface area (Å²) in [6.07, 6.45) is 5.41. The maximum atomic E-state index is 5.87. The summed E-state index contributed by atoms with van der Waals surface area (Å²) in [6.45, 7) is 0.860. The van der Waals surface area contributed by atoms with Gasteiger partial charge in [0.15, 0.2) is 0 Å². The van der Waals surface area contributed by atoms with E-state index in [9.17, 15) is 0 Å². The first kappa shape index (κ1) is 10.9. The van der Waals surface area contributed by atoms with Crippen molar-refractivity contribution in [3.63, 3.8) is 0 Å². The first-order valence-electron chi connectivity index (χ1n) is 7.28. The van der Waals surface area contributed by atoms with E-state index in [0.717, 1.165) is 30.8 Å². The molecular weight excluding hydrogens is 222 g/mol. The predicted molar refractivity (Wildman–Crippen MR) is 71.8 cm³/mol. The third-order valence-corrected chi connectivity index (χ3v) is 5.14. The summed E-state index contributed by atoms with van der Waals surface area (Å²) in [5.74, 6) is 4.08. The summed E-state index contributed by atoms with van der Waals surface area (Å²) in [5.41, 5.74) is 2.80. The van der Waals surface area contributed by atoms with Crippen molar-refractivity contribution in [2.45, 2.75) is 31.7 Å². The highest BCUT2D eigenvalue weighted by molar-refractivity contribution is 5.46. The van der Waals surface area contributed by atoms with Crippen molar-refractivity contribution in [2.24, 2.45) is 17.8 Å². The van der Waals surface area contributed by atoms with Gasteiger partial charge in [-0.25, -0.2) is 0 Å². The number of fused-ring (bicyclic) bond motifs is 2. The molecule has 1 N–H and O–H groups in total. The third kappa shape index (κ3) is 1.58. The number of rotatable bonds is 3. The molecule has 2 fully saturated rings. The zero-order valence-corrected chi connectivity index (χ0v) is 11.0. The van der Waals surface area contributed by atoms with Crippen LogP contribution in [0.15, 0.2) is 18.2 Å². The van der Waals surface area contributed by atoms with Crippen molar-refractivity contribution in [3.8, 4) is 5.75 Å². The molecule has 0 spiro atoms. The zero-order valence-electron chi connectivity index (χ0n) is 11.0. The third-order valence-electron chi connectivity index (χ3n) is 5.14. The van der Waals surface area contributed by atoms with Crippen LogP contribution in [0.25, 0.3) is 0 Å². The molecule has 0 saturated heterocycles. The van der Waals surface area contributed by atoms with E-state index in [2.05, 4.69) is 30.6 Å². The highest BCUT2D eigenvalue weighted by Gasteiger charge is 2.48. The number of hydrogen-bond acceptors (Lipinski definition) is 2. The van der Waals surface area contributed by atoms with Crippen LogP contribution in [0.2, 0.25) is 0 Å². The summed E-state index contributed by atoms with van der Waals surface area (Å²) in [6, 6.07) is 7.16. The predicted octanol–water partition coefficient (Wildman–Crippen LogP) is 2.93. The van der Waals surface area contributed by atoms with Gasteiger partial charge in [0.25, 0.3) is 0 Å². The van der Waals surface area contributed by atoms with Gasteiger partial charge in [-0.05, 0) is 49.6 Å². The maximum Gasteiger partial charge on any atom is 0.127 e. The first-order valence-corrected chi connectivity index (χ1v) is 7.28. The monoisotopic (exact) mass is 243 g/mol. The molecule has 3 atom stereocenters. The van der Waals surface area contributed by atoms with Gasteiger partial charge in [0, 0.05) is 18.0 Å². The van der Waals surface area contributed by atoms with E-state index in [-0.39, 0.29) is 0 Å². The van der Waals surface area contributed by atoms with Crippen molar-refractivity contribution in [1.29, 1.82) is 0 Å². The molecule has 2 heteroatoms. The highest BCUT2D eigenvalue weighted by atomic mass is 16.5. The molecule has 1 aliphatic heterocycles. The molecule has 1 aromatic rings. The van der Waals surface area contributed by atoms with Gasteiger partial charge in [0.1, 0.15) is 5.75 Å². The fraction of sp³-hybridized carbons (Fsp3) is 0.625. The minimum absolute atomic E-state index is 0.492. The van der Waals surface area contributed by atoms with Crippen molar-refractivity contribution in [2.75, 3.05) is 13.7 Å². The summed E-state index contributed by atoms with van der Waals surface area (Å²) >= 11 is 0. The van der Waals surface area contributed by atoms with E-state index in [1.807, 2.05) is 0 Å². The van der Waals surface area contributed by atoms with Crippen molar-refractivity contribution < 1.29 is 4.74 Å². The smallest absolute Gasteiger partial charge is 0.127 e. The Morgan fingerprint density at radius 3 is 2.83 bits per heavy atom. The molecule has 96 valence electrons. The molecule has 1 aromatic carbocycles. The van der Waals surface area contributed by atoms with E-state index in [4.69, 9.17) is 4.74 Å². The van der Waals surface area contributed by atoms with Gasteiger partial charge < -0.3 is 10.1 Å². The van der Waals surface area contributed by atoms with E-state index in [1.54, 1.807) is 0 Å². The summed E-state index contributed by atoms with van der Waals surface area (Å²) in [7, 11) is 2.10. The van der Waals surface area contributed by atoms with Crippen LogP contribution in [0.4, 0.5) is 0 Å². The second-order valence-corrected chi connectivity index (χ2v) is 6.19. The topological polar surface area (TPSA) is 21.3 Å². The van der Waals surface area contributed by atoms with E-state index in [1.165, 1.54) is 36.1 Å². The number of ether oxygens (including phenoxy) is 1. The number of para-hydroxylation sites is 1. The van der Waals surface area contributed by atoms with E-state index in [0.29, 0.717) is 6.04 Å². The molecule has 0 radical (unpaired) electrons. The van der Waals surface area contributed by atoms with Crippen LogP contribution in [-0.2, 0) is 6.42 Å². The Bertz CT molecular complexity index is 460. The van der Waals surface area contributed by atoms with Gasteiger partial charge in [0.05, 0.1) is 6.61 Å². The Morgan fingerprint density at radius 1 is 1.22 bits per heavy atom. The fourth-order valence-electron chi connectivity index (χ4n) is 4.16. The highest BCUT2D eigenvalue weighted by Crippen LogP contribution is 2.57. The molecule has 2 nitrogen and oxygen atoms in total. The van der Waals surface area contributed by atoms with Crippen LogP contribution in [0, 0.1) is 17.8 Å². The van der Waals surface area contributed by atoms with E-state index < -0.39 is 0 Å². The Balaban J connectivity index is 1.65. The van der Waals surface area contributed by atoms with Gasteiger partial charge in [-0.15, -0.1) is 0 Å². The molecule has 2 saturated carbocycles. The molecule has 18 heavy (non-hydrogen) atoms. The standard InChI is InChI=1S/C16H21NO/c1-17-15(13-8-11-7-12(11)9-13)14-4-2-3-10-5-6-18-16(10)14/h2-4,11-13,15,17H,5-9H2,1H3. The molecule has 4 rings (SSSR count). The minimum Gasteiger partial charge on any atom is -0.493 e. The van der Waals surface area contributed by atoms with Crippen LogP contribution < -0.4 is 10.1 Å². The van der Waals surface area contributed by atoms with E-state index >= 15 is 0 Å². The van der Waals surface area contributed by atoms with Gasteiger partial charge >= 0.3 is 0 Å². The van der Waals surface area contributed by atoms with Gasteiger partial charge in [-0.3, -0.25) is 0 Å². The number of benzene rings is 1. The summed E-state index contributed by atoms with van der Waals surface area (Å²) < 4.78 is 5.87. The Kier molecular flexibility index (Phi) is 2.41. The molecule has 0 amide bonds. The lowest BCUT2D eigenvalue weighted by molar-refractivity contribution is 0.324. The molecule has 2 aliphatic carbocycles. The fourth-order valence-corrected chi connectivity index (χ4v) is 4.16. The van der Waals surface area contributed by atoms with Crippen LogP contribution in [0.1, 0.15) is 36.4 Å².